The Morgan fingerprint density at radius 2 is 1.82 bits per heavy atom. The molecule has 3 nitrogen and oxygen atoms in total. The molecule has 1 rings (SSSR count). The summed E-state index contributed by atoms with van der Waals surface area (Å²) in [4.78, 5) is 11.9. The highest BCUT2D eigenvalue weighted by Crippen LogP contribution is 2.36. The zero-order valence-electron chi connectivity index (χ0n) is 12.0. The van der Waals surface area contributed by atoms with Crippen molar-refractivity contribution in [1.82, 2.24) is 10.6 Å². The van der Waals surface area contributed by atoms with E-state index in [1.165, 1.54) is 25.7 Å². The fraction of sp³-hybridized carbons (Fsp3) is 0.929. The molecule has 1 saturated carbocycles. The Kier molecular flexibility index (Phi) is 4.59. The van der Waals surface area contributed by atoms with Gasteiger partial charge in [-0.15, -0.1) is 0 Å². The van der Waals surface area contributed by atoms with Crippen molar-refractivity contribution < 1.29 is 4.79 Å². The second kappa shape index (κ2) is 5.38. The molecular weight excluding hydrogens is 212 g/mol. The predicted octanol–water partition coefficient (Wildman–Crippen LogP) is 2.46. The highest BCUT2D eigenvalue weighted by molar-refractivity contribution is 5.81. The van der Waals surface area contributed by atoms with Gasteiger partial charge in [-0.2, -0.15) is 0 Å². The van der Waals surface area contributed by atoms with Gasteiger partial charge < -0.3 is 10.6 Å². The molecule has 1 fully saturated rings. The Hall–Kier alpha value is -0.570. The smallest absolute Gasteiger partial charge is 0.237 e. The lowest BCUT2D eigenvalue weighted by molar-refractivity contribution is -0.124. The fourth-order valence-electron chi connectivity index (χ4n) is 2.38. The lowest BCUT2D eigenvalue weighted by Gasteiger charge is -2.28. The largest absolute Gasteiger partial charge is 0.350 e. The van der Waals surface area contributed by atoms with E-state index in [-0.39, 0.29) is 17.5 Å². The van der Waals surface area contributed by atoms with Crippen LogP contribution in [0.4, 0.5) is 0 Å². The number of hydrogen-bond acceptors (Lipinski definition) is 2. The van der Waals surface area contributed by atoms with Crippen molar-refractivity contribution in [3.63, 3.8) is 0 Å². The summed E-state index contributed by atoms with van der Waals surface area (Å²) in [6.45, 7) is 11.2. The van der Waals surface area contributed by atoms with Crippen molar-refractivity contribution in [2.75, 3.05) is 6.54 Å². The highest BCUT2D eigenvalue weighted by Gasteiger charge is 2.29. The van der Waals surface area contributed by atoms with Crippen LogP contribution in [0, 0.1) is 5.41 Å². The van der Waals surface area contributed by atoms with Crippen LogP contribution in [0.3, 0.4) is 0 Å². The average Bonchev–Trinajstić information content (AvgIpc) is 2.59. The molecule has 0 spiro atoms. The zero-order valence-corrected chi connectivity index (χ0v) is 12.0. The molecule has 2 N–H and O–H groups in total. The van der Waals surface area contributed by atoms with Gasteiger partial charge in [0.2, 0.25) is 5.91 Å². The minimum Gasteiger partial charge on any atom is -0.350 e. The van der Waals surface area contributed by atoms with Crippen LogP contribution in [-0.2, 0) is 4.79 Å². The fourth-order valence-corrected chi connectivity index (χ4v) is 2.38. The molecule has 0 bridgehead atoms. The Morgan fingerprint density at radius 3 is 2.29 bits per heavy atom. The lowest BCUT2D eigenvalue weighted by Crippen LogP contribution is -2.51. The molecular formula is C14H28N2O. The first kappa shape index (κ1) is 14.5. The lowest BCUT2D eigenvalue weighted by atomic mass is 9.88. The van der Waals surface area contributed by atoms with Crippen LogP contribution in [0.15, 0.2) is 0 Å². The third kappa shape index (κ3) is 5.07. The molecule has 0 aromatic rings. The first-order valence-electron chi connectivity index (χ1n) is 6.77. The molecule has 1 aliphatic carbocycles. The number of amides is 1. The first-order chi connectivity index (χ1) is 7.72. The SMILES string of the molecule is CC(NCC1(C)CCCC1)C(=O)NC(C)(C)C. The number of nitrogens with one attached hydrogen (secondary N) is 2. The molecule has 1 atom stereocenters. The quantitative estimate of drug-likeness (QED) is 0.792. The molecule has 1 unspecified atom stereocenters. The summed E-state index contributed by atoms with van der Waals surface area (Å²) in [6.07, 6.45) is 5.24. The highest BCUT2D eigenvalue weighted by atomic mass is 16.2. The van der Waals surface area contributed by atoms with Crippen LogP contribution in [0.5, 0.6) is 0 Å². The summed E-state index contributed by atoms with van der Waals surface area (Å²) in [5.74, 6) is 0.0964. The summed E-state index contributed by atoms with van der Waals surface area (Å²) in [7, 11) is 0. The van der Waals surface area contributed by atoms with Crippen molar-refractivity contribution in [2.45, 2.75) is 71.9 Å². The molecule has 0 heterocycles. The maximum absolute atomic E-state index is 11.9. The van der Waals surface area contributed by atoms with E-state index in [2.05, 4.69) is 17.6 Å². The number of carbonyl (C=O) groups is 1. The van der Waals surface area contributed by atoms with Crippen LogP contribution in [-0.4, -0.2) is 24.0 Å². The zero-order chi connectivity index (χ0) is 13.1. The summed E-state index contributed by atoms with van der Waals surface area (Å²) in [5, 5.41) is 6.38. The van der Waals surface area contributed by atoms with Crippen LogP contribution < -0.4 is 10.6 Å². The maximum atomic E-state index is 11.9. The molecule has 0 aromatic heterocycles. The van der Waals surface area contributed by atoms with Gasteiger partial charge >= 0.3 is 0 Å². The first-order valence-corrected chi connectivity index (χ1v) is 6.77. The summed E-state index contributed by atoms with van der Waals surface area (Å²) in [6, 6.07) is -0.105. The van der Waals surface area contributed by atoms with Gasteiger partial charge in [0.1, 0.15) is 0 Å². The van der Waals surface area contributed by atoms with E-state index in [1.54, 1.807) is 0 Å². The van der Waals surface area contributed by atoms with Crippen molar-refractivity contribution in [1.29, 1.82) is 0 Å². The van der Waals surface area contributed by atoms with Crippen LogP contribution in [0.2, 0.25) is 0 Å². The minimum atomic E-state index is -0.149. The predicted molar refractivity (Wildman–Crippen MR) is 71.9 cm³/mol. The second-order valence-corrected chi connectivity index (χ2v) is 6.86. The van der Waals surface area contributed by atoms with E-state index >= 15 is 0 Å². The van der Waals surface area contributed by atoms with Gasteiger partial charge in [-0.05, 0) is 46.0 Å². The molecule has 17 heavy (non-hydrogen) atoms. The standard InChI is InChI=1S/C14H28N2O/c1-11(12(17)16-13(2,3)4)15-10-14(5)8-6-7-9-14/h11,15H,6-10H2,1-5H3,(H,16,17). The monoisotopic (exact) mass is 240 g/mol. The molecule has 1 amide bonds. The summed E-state index contributed by atoms with van der Waals surface area (Å²) < 4.78 is 0. The average molecular weight is 240 g/mol. The van der Waals surface area contributed by atoms with E-state index in [0.717, 1.165) is 6.54 Å². The van der Waals surface area contributed by atoms with Crippen LogP contribution in [0.1, 0.15) is 60.3 Å². The number of hydrogen-bond donors (Lipinski definition) is 2. The van der Waals surface area contributed by atoms with Gasteiger partial charge in [-0.1, -0.05) is 19.8 Å². The van der Waals surface area contributed by atoms with Gasteiger partial charge in [-0.25, -0.2) is 0 Å². The molecule has 100 valence electrons. The summed E-state index contributed by atoms with van der Waals surface area (Å²) >= 11 is 0. The molecule has 0 aromatic carbocycles. The van der Waals surface area contributed by atoms with E-state index in [9.17, 15) is 4.79 Å². The molecule has 0 radical (unpaired) electrons. The Bertz CT molecular complexity index is 262. The van der Waals surface area contributed by atoms with Crippen molar-refractivity contribution in [2.24, 2.45) is 5.41 Å². The Balaban J connectivity index is 2.33. The van der Waals surface area contributed by atoms with Crippen molar-refractivity contribution in [3.8, 4) is 0 Å². The Morgan fingerprint density at radius 1 is 1.29 bits per heavy atom. The van der Waals surface area contributed by atoms with E-state index in [0.29, 0.717) is 5.41 Å². The third-order valence-corrected chi connectivity index (χ3v) is 3.54. The molecule has 3 heteroatoms. The number of carbonyl (C=O) groups excluding carboxylic acids is 1. The summed E-state index contributed by atoms with van der Waals surface area (Å²) in [5.41, 5.74) is 0.251. The van der Waals surface area contributed by atoms with Crippen LogP contribution >= 0.6 is 0 Å². The molecule has 1 aliphatic rings. The van der Waals surface area contributed by atoms with Gasteiger partial charge in [0.05, 0.1) is 6.04 Å². The maximum Gasteiger partial charge on any atom is 0.237 e. The van der Waals surface area contributed by atoms with Crippen molar-refractivity contribution >= 4 is 5.91 Å². The minimum absolute atomic E-state index is 0.0964. The third-order valence-electron chi connectivity index (χ3n) is 3.54. The van der Waals surface area contributed by atoms with Gasteiger partial charge in [0.25, 0.3) is 0 Å². The van der Waals surface area contributed by atoms with Crippen molar-refractivity contribution in [3.05, 3.63) is 0 Å². The Labute approximate surface area is 106 Å². The molecule has 0 aliphatic heterocycles. The number of rotatable bonds is 4. The normalized spacial score (nSPS) is 21.2. The topological polar surface area (TPSA) is 41.1 Å². The van der Waals surface area contributed by atoms with Crippen LogP contribution in [0.25, 0.3) is 0 Å². The van der Waals surface area contributed by atoms with Gasteiger partial charge in [0, 0.05) is 12.1 Å². The van der Waals surface area contributed by atoms with E-state index in [4.69, 9.17) is 0 Å². The molecule has 0 saturated heterocycles. The van der Waals surface area contributed by atoms with Gasteiger partial charge in [-0.3, -0.25) is 4.79 Å². The van der Waals surface area contributed by atoms with E-state index < -0.39 is 0 Å². The van der Waals surface area contributed by atoms with Gasteiger partial charge in [0.15, 0.2) is 0 Å². The second-order valence-electron chi connectivity index (χ2n) is 6.86. The van der Waals surface area contributed by atoms with E-state index in [1.807, 2.05) is 27.7 Å².